The summed E-state index contributed by atoms with van der Waals surface area (Å²) in [7, 11) is 1.73. The largest absolute Gasteiger partial charge is 0.493 e. The Hall–Kier alpha value is -2.47. The van der Waals surface area contributed by atoms with E-state index in [1.807, 2.05) is 37.3 Å². The molecule has 6 heteroatoms. The minimum absolute atomic E-state index is 0.0283. The second-order valence-corrected chi connectivity index (χ2v) is 6.13. The molecule has 0 unspecified atom stereocenters. The van der Waals surface area contributed by atoms with E-state index in [2.05, 4.69) is 26.2 Å². The maximum atomic E-state index is 12.2. The summed E-state index contributed by atoms with van der Waals surface area (Å²) in [5.41, 5.74) is 2.42. The average Bonchev–Trinajstić information content (AvgIpc) is 2.76. The van der Waals surface area contributed by atoms with Crippen LogP contribution in [0.3, 0.4) is 0 Å². The van der Waals surface area contributed by atoms with Gasteiger partial charge >= 0.3 is 0 Å². The summed E-state index contributed by atoms with van der Waals surface area (Å²) in [6.45, 7) is 1.84. The number of carbonyl (C=O) groups is 1. The van der Waals surface area contributed by atoms with E-state index in [4.69, 9.17) is 0 Å². The van der Waals surface area contributed by atoms with Crippen LogP contribution in [0, 0.1) is 6.92 Å². The van der Waals surface area contributed by atoms with Crippen LogP contribution in [-0.4, -0.2) is 15.6 Å². The molecule has 5 nitrogen and oxygen atoms in total. The maximum absolute atomic E-state index is 12.2. The van der Waals surface area contributed by atoms with E-state index in [0.29, 0.717) is 5.56 Å². The van der Waals surface area contributed by atoms with E-state index in [9.17, 15) is 9.90 Å². The summed E-state index contributed by atoms with van der Waals surface area (Å²) in [4.78, 5) is 12.2. The Morgan fingerprint density at radius 3 is 2.70 bits per heavy atom. The molecule has 0 saturated heterocycles. The molecule has 0 saturated carbocycles. The van der Waals surface area contributed by atoms with Gasteiger partial charge in [0.05, 0.1) is 5.52 Å². The van der Waals surface area contributed by atoms with Crippen LogP contribution in [0.2, 0.25) is 0 Å². The fraction of sp³-hybridized carbons (Fsp3) is 0.118. The first kappa shape index (κ1) is 15.4. The highest BCUT2D eigenvalue weighted by molar-refractivity contribution is 9.10. The van der Waals surface area contributed by atoms with Gasteiger partial charge in [0.25, 0.3) is 5.91 Å². The Bertz CT molecular complexity index is 944. The van der Waals surface area contributed by atoms with E-state index in [-0.39, 0.29) is 11.6 Å². The van der Waals surface area contributed by atoms with Crippen molar-refractivity contribution < 1.29 is 9.90 Å². The van der Waals surface area contributed by atoms with Gasteiger partial charge in [-0.2, -0.15) is 0 Å². The molecule has 0 aliphatic carbocycles. The van der Waals surface area contributed by atoms with Crippen LogP contribution in [0.1, 0.15) is 15.9 Å². The van der Waals surface area contributed by atoms with Crippen LogP contribution < -0.4 is 0 Å². The second-order valence-electron chi connectivity index (χ2n) is 5.21. The van der Waals surface area contributed by atoms with E-state index in [1.165, 1.54) is 0 Å². The molecule has 0 atom stereocenters. The van der Waals surface area contributed by atoms with Crippen LogP contribution in [0.5, 0.6) is 5.88 Å². The zero-order valence-electron chi connectivity index (χ0n) is 12.6. The molecule has 0 radical (unpaired) electrons. The Morgan fingerprint density at radius 1 is 1.22 bits per heavy atom. The van der Waals surface area contributed by atoms with Crippen molar-refractivity contribution in [3.63, 3.8) is 0 Å². The van der Waals surface area contributed by atoms with Crippen molar-refractivity contribution in [1.82, 2.24) is 4.57 Å². The highest BCUT2D eigenvalue weighted by Crippen LogP contribution is 2.39. The molecule has 116 valence electrons. The molecule has 1 aromatic heterocycles. The average molecular weight is 372 g/mol. The van der Waals surface area contributed by atoms with Crippen molar-refractivity contribution in [1.29, 1.82) is 0 Å². The number of benzene rings is 2. The summed E-state index contributed by atoms with van der Waals surface area (Å²) in [6.07, 6.45) is 0. The number of carbonyl (C=O) groups excluding carboxylic acids is 1. The lowest BCUT2D eigenvalue weighted by atomic mass is 10.1. The number of halogens is 1. The highest BCUT2D eigenvalue weighted by Gasteiger charge is 2.15. The number of aromatic nitrogens is 1. The number of fused-ring (bicyclic) bond motifs is 1. The van der Waals surface area contributed by atoms with Crippen molar-refractivity contribution in [3.05, 3.63) is 58.1 Å². The predicted molar refractivity (Wildman–Crippen MR) is 92.3 cm³/mol. The number of rotatable bonds is 2. The number of amides is 1. The standard InChI is InChI=1S/C17H14BrN3O2/c1-10-5-3-4-6-12(10)16(22)20-19-15-13-9-11(18)7-8-14(13)21(2)17(15)23/h3-9,23H,1-2H3. The SMILES string of the molecule is Cc1ccccc1C(=O)N=Nc1c(O)n(C)c2ccc(Br)cc12. The second kappa shape index (κ2) is 5.96. The number of nitrogens with zero attached hydrogens (tertiary/aromatic N) is 3. The first-order valence-electron chi connectivity index (χ1n) is 6.97. The number of aryl methyl sites for hydroxylation is 2. The van der Waals surface area contributed by atoms with Crippen molar-refractivity contribution >= 4 is 38.4 Å². The highest BCUT2D eigenvalue weighted by atomic mass is 79.9. The third-order valence-electron chi connectivity index (χ3n) is 3.72. The molecular weight excluding hydrogens is 358 g/mol. The Morgan fingerprint density at radius 2 is 1.96 bits per heavy atom. The number of azo groups is 1. The van der Waals surface area contributed by atoms with Crippen molar-refractivity contribution in [2.75, 3.05) is 0 Å². The lowest BCUT2D eigenvalue weighted by Crippen LogP contribution is -1.96. The third kappa shape index (κ3) is 2.77. The fourth-order valence-corrected chi connectivity index (χ4v) is 2.81. The van der Waals surface area contributed by atoms with Gasteiger partial charge in [-0.15, -0.1) is 10.2 Å². The zero-order chi connectivity index (χ0) is 16.6. The summed E-state index contributed by atoms with van der Waals surface area (Å²) < 4.78 is 2.46. The van der Waals surface area contributed by atoms with Crippen LogP contribution in [0.15, 0.2) is 57.2 Å². The molecule has 3 aromatic rings. The van der Waals surface area contributed by atoms with Gasteiger partial charge in [-0.25, -0.2) is 0 Å². The van der Waals surface area contributed by atoms with Crippen LogP contribution in [0.4, 0.5) is 5.69 Å². The first-order chi connectivity index (χ1) is 11.0. The monoisotopic (exact) mass is 371 g/mol. The number of hydrogen-bond donors (Lipinski definition) is 1. The summed E-state index contributed by atoms with van der Waals surface area (Å²) in [5.74, 6) is -0.464. The van der Waals surface area contributed by atoms with Crippen molar-refractivity contribution in [3.8, 4) is 5.88 Å². The van der Waals surface area contributed by atoms with Gasteiger partial charge in [0.1, 0.15) is 0 Å². The molecule has 0 fully saturated rings. The molecule has 2 aromatic carbocycles. The van der Waals surface area contributed by atoms with Gasteiger partial charge < -0.3 is 9.67 Å². The maximum Gasteiger partial charge on any atom is 0.295 e. The molecule has 1 heterocycles. The van der Waals surface area contributed by atoms with Crippen molar-refractivity contribution in [2.24, 2.45) is 17.3 Å². The first-order valence-corrected chi connectivity index (χ1v) is 7.77. The normalized spacial score (nSPS) is 11.4. The van der Waals surface area contributed by atoms with Crippen LogP contribution in [0.25, 0.3) is 10.9 Å². The lowest BCUT2D eigenvalue weighted by molar-refractivity contribution is 0.0994. The number of hydrogen-bond acceptors (Lipinski definition) is 3. The molecule has 0 aliphatic rings. The van der Waals surface area contributed by atoms with Gasteiger partial charge in [-0.1, -0.05) is 34.1 Å². The van der Waals surface area contributed by atoms with Gasteiger partial charge in [-0.3, -0.25) is 4.79 Å². The minimum atomic E-state index is -0.436. The predicted octanol–water partition coefficient (Wildman–Crippen LogP) is 4.88. The summed E-state index contributed by atoms with van der Waals surface area (Å²) in [5, 5.41) is 18.7. The van der Waals surface area contributed by atoms with Gasteiger partial charge in [0.15, 0.2) is 5.69 Å². The molecule has 23 heavy (non-hydrogen) atoms. The smallest absolute Gasteiger partial charge is 0.295 e. The Kier molecular flexibility index (Phi) is 4.00. The third-order valence-corrected chi connectivity index (χ3v) is 4.21. The van der Waals surface area contributed by atoms with Gasteiger partial charge in [0, 0.05) is 22.5 Å². The van der Waals surface area contributed by atoms with E-state index < -0.39 is 5.91 Å². The van der Waals surface area contributed by atoms with Gasteiger partial charge in [0.2, 0.25) is 5.88 Å². The van der Waals surface area contributed by atoms with Crippen LogP contribution >= 0.6 is 15.9 Å². The fourth-order valence-electron chi connectivity index (χ4n) is 2.44. The Labute approximate surface area is 141 Å². The van der Waals surface area contributed by atoms with Gasteiger partial charge in [-0.05, 0) is 36.8 Å². The van der Waals surface area contributed by atoms with E-state index >= 15 is 0 Å². The minimum Gasteiger partial charge on any atom is -0.493 e. The molecule has 0 bridgehead atoms. The zero-order valence-corrected chi connectivity index (χ0v) is 14.2. The molecule has 1 N–H and O–H groups in total. The Balaban J connectivity index is 2.05. The van der Waals surface area contributed by atoms with E-state index in [0.717, 1.165) is 20.9 Å². The molecular formula is C17H14BrN3O2. The van der Waals surface area contributed by atoms with Crippen LogP contribution in [-0.2, 0) is 7.05 Å². The molecule has 0 aliphatic heterocycles. The lowest BCUT2D eigenvalue weighted by Gasteiger charge is -1.99. The molecule has 1 amide bonds. The van der Waals surface area contributed by atoms with Crippen molar-refractivity contribution in [2.45, 2.75) is 6.92 Å². The van der Waals surface area contributed by atoms with E-state index in [1.54, 1.807) is 23.7 Å². The summed E-state index contributed by atoms with van der Waals surface area (Å²) in [6, 6.07) is 12.8. The molecule has 3 rings (SSSR count). The molecule has 0 spiro atoms. The number of aromatic hydroxyl groups is 1. The topological polar surface area (TPSA) is 66.9 Å². The summed E-state index contributed by atoms with van der Waals surface area (Å²) >= 11 is 3.40. The quantitative estimate of drug-likeness (QED) is 0.652.